The van der Waals surface area contributed by atoms with Crippen molar-refractivity contribution < 1.29 is 4.74 Å². The molecule has 0 amide bonds. The van der Waals surface area contributed by atoms with Crippen molar-refractivity contribution in [2.45, 2.75) is 26.8 Å². The highest BCUT2D eigenvalue weighted by Crippen LogP contribution is 2.18. The number of hydrogen-bond donors (Lipinski definition) is 2. The van der Waals surface area contributed by atoms with E-state index in [1.165, 1.54) is 5.56 Å². The van der Waals surface area contributed by atoms with Crippen LogP contribution >= 0.6 is 0 Å². The van der Waals surface area contributed by atoms with Crippen LogP contribution in [0.25, 0.3) is 0 Å². The number of aliphatic imine (C=N–C) groups is 1. The Morgan fingerprint density at radius 2 is 2.12 bits per heavy atom. The van der Waals surface area contributed by atoms with E-state index in [1.54, 1.807) is 13.2 Å². The maximum atomic E-state index is 5.38. The van der Waals surface area contributed by atoms with Crippen LogP contribution in [-0.2, 0) is 20.0 Å². The third-order valence-corrected chi connectivity index (χ3v) is 4.15. The van der Waals surface area contributed by atoms with Crippen LogP contribution in [0.2, 0.25) is 0 Å². The lowest BCUT2D eigenvalue weighted by Gasteiger charge is -2.12. The van der Waals surface area contributed by atoms with Crippen LogP contribution in [0.15, 0.2) is 35.8 Å². The Kier molecular flexibility index (Phi) is 7.20. The molecule has 7 heteroatoms. The number of ether oxygens (including phenoxy) is 1. The molecule has 0 fully saturated rings. The number of guanidine groups is 1. The zero-order valence-electron chi connectivity index (χ0n) is 16.0. The van der Waals surface area contributed by atoms with Gasteiger partial charge in [0.1, 0.15) is 18.1 Å². The molecule has 1 heterocycles. The maximum Gasteiger partial charge on any atom is 0.191 e. The molecule has 0 aliphatic heterocycles. The molecule has 26 heavy (non-hydrogen) atoms. The minimum Gasteiger partial charge on any atom is -0.496 e. The van der Waals surface area contributed by atoms with Crippen LogP contribution in [0.3, 0.4) is 0 Å². The van der Waals surface area contributed by atoms with Crippen molar-refractivity contribution in [3.05, 3.63) is 53.6 Å². The van der Waals surface area contributed by atoms with Gasteiger partial charge in [-0.25, -0.2) is 4.99 Å². The molecule has 140 valence electrons. The molecule has 0 radical (unpaired) electrons. The molecule has 0 aliphatic carbocycles. The maximum absolute atomic E-state index is 5.38. The first-order valence-electron chi connectivity index (χ1n) is 8.66. The third kappa shape index (κ3) is 5.34. The average Bonchev–Trinajstić information content (AvgIpc) is 2.96. The van der Waals surface area contributed by atoms with Gasteiger partial charge in [0.15, 0.2) is 11.8 Å². The molecule has 1 aromatic carbocycles. The minimum absolute atomic E-state index is 0.460. The lowest BCUT2D eigenvalue weighted by molar-refractivity contribution is 0.411. The lowest BCUT2D eigenvalue weighted by Crippen LogP contribution is -2.38. The van der Waals surface area contributed by atoms with E-state index in [9.17, 15) is 0 Å². The quantitative estimate of drug-likeness (QED) is 0.429. The van der Waals surface area contributed by atoms with Crippen molar-refractivity contribution in [2.75, 3.05) is 20.2 Å². The number of aromatic nitrogens is 3. The first-order chi connectivity index (χ1) is 12.5. The second kappa shape index (κ2) is 9.60. The van der Waals surface area contributed by atoms with Crippen molar-refractivity contribution in [2.24, 2.45) is 12.0 Å². The minimum atomic E-state index is 0.460. The lowest BCUT2D eigenvalue weighted by atomic mass is 10.1. The summed E-state index contributed by atoms with van der Waals surface area (Å²) in [4.78, 5) is 4.58. The SMILES string of the molecule is C=CCNC(=NCc1nnc(C)n1C)NCCc1ccc(C)c(OC)c1. The highest BCUT2D eigenvalue weighted by molar-refractivity contribution is 5.79. The van der Waals surface area contributed by atoms with Crippen molar-refractivity contribution in [3.8, 4) is 5.75 Å². The summed E-state index contributed by atoms with van der Waals surface area (Å²) >= 11 is 0. The predicted molar refractivity (Wildman–Crippen MR) is 105 cm³/mol. The highest BCUT2D eigenvalue weighted by atomic mass is 16.5. The summed E-state index contributed by atoms with van der Waals surface area (Å²) in [5.74, 6) is 3.34. The van der Waals surface area contributed by atoms with E-state index in [1.807, 2.05) is 25.5 Å². The van der Waals surface area contributed by atoms with Crippen LogP contribution in [0.1, 0.15) is 22.8 Å². The molecule has 0 atom stereocenters. The van der Waals surface area contributed by atoms with Gasteiger partial charge in [-0.2, -0.15) is 0 Å². The van der Waals surface area contributed by atoms with Crippen LogP contribution in [0.4, 0.5) is 0 Å². The van der Waals surface area contributed by atoms with E-state index in [4.69, 9.17) is 4.74 Å². The molecule has 0 saturated carbocycles. The number of benzene rings is 1. The van der Waals surface area contributed by atoms with Gasteiger partial charge in [0.05, 0.1) is 7.11 Å². The monoisotopic (exact) mass is 356 g/mol. The van der Waals surface area contributed by atoms with Gasteiger partial charge in [-0.1, -0.05) is 18.2 Å². The molecule has 2 rings (SSSR count). The topological polar surface area (TPSA) is 76.4 Å². The zero-order chi connectivity index (χ0) is 18.9. The standard InChI is InChI=1S/C19H28N6O/c1-6-10-20-19(22-13-18-24-23-15(3)25(18)4)21-11-9-16-8-7-14(2)17(12-16)26-5/h6-8,12H,1,9-11,13H2,2-5H3,(H2,20,21,22). The smallest absolute Gasteiger partial charge is 0.191 e. The van der Waals surface area contributed by atoms with Crippen LogP contribution < -0.4 is 15.4 Å². The summed E-state index contributed by atoms with van der Waals surface area (Å²) in [5.41, 5.74) is 2.35. The summed E-state index contributed by atoms with van der Waals surface area (Å²) in [6.45, 7) is 9.56. The van der Waals surface area contributed by atoms with E-state index in [0.717, 1.165) is 41.9 Å². The van der Waals surface area contributed by atoms with Gasteiger partial charge >= 0.3 is 0 Å². The molecule has 2 aromatic rings. The van der Waals surface area contributed by atoms with Gasteiger partial charge in [-0.05, 0) is 37.5 Å². The Balaban J connectivity index is 1.95. The number of hydrogen-bond acceptors (Lipinski definition) is 4. The predicted octanol–water partition coefficient (Wildman–Crippen LogP) is 1.90. The van der Waals surface area contributed by atoms with Crippen molar-refractivity contribution >= 4 is 5.96 Å². The number of rotatable bonds is 8. The number of nitrogens with one attached hydrogen (secondary N) is 2. The Morgan fingerprint density at radius 3 is 2.77 bits per heavy atom. The third-order valence-electron chi connectivity index (χ3n) is 4.15. The number of aryl methyl sites for hydroxylation is 2. The summed E-state index contributed by atoms with van der Waals surface area (Å²) in [5, 5.41) is 14.8. The first kappa shape index (κ1) is 19.5. The highest BCUT2D eigenvalue weighted by Gasteiger charge is 2.05. The Morgan fingerprint density at radius 1 is 1.31 bits per heavy atom. The van der Waals surface area contributed by atoms with Gasteiger partial charge in [0.25, 0.3) is 0 Å². The second-order valence-electron chi connectivity index (χ2n) is 6.04. The van der Waals surface area contributed by atoms with Crippen LogP contribution in [0.5, 0.6) is 5.75 Å². The van der Waals surface area contributed by atoms with Crippen molar-refractivity contribution in [1.29, 1.82) is 0 Å². The fraction of sp³-hybridized carbons (Fsp3) is 0.421. The molecule has 0 aliphatic rings. The van der Waals surface area contributed by atoms with E-state index in [0.29, 0.717) is 13.1 Å². The van der Waals surface area contributed by atoms with E-state index in [-0.39, 0.29) is 0 Å². The molecular weight excluding hydrogens is 328 g/mol. The Hall–Kier alpha value is -2.83. The zero-order valence-corrected chi connectivity index (χ0v) is 16.0. The largest absolute Gasteiger partial charge is 0.496 e. The molecule has 0 unspecified atom stereocenters. The fourth-order valence-corrected chi connectivity index (χ4v) is 2.43. The number of nitrogens with zero attached hydrogens (tertiary/aromatic N) is 4. The van der Waals surface area contributed by atoms with Crippen molar-refractivity contribution in [3.63, 3.8) is 0 Å². The average molecular weight is 356 g/mol. The van der Waals surface area contributed by atoms with Gasteiger partial charge in [-0.3, -0.25) is 0 Å². The van der Waals surface area contributed by atoms with Gasteiger partial charge in [-0.15, -0.1) is 16.8 Å². The summed E-state index contributed by atoms with van der Waals surface area (Å²) in [6.07, 6.45) is 2.67. The van der Waals surface area contributed by atoms with Gasteiger partial charge in [0.2, 0.25) is 0 Å². The molecule has 0 bridgehead atoms. The molecule has 0 spiro atoms. The summed E-state index contributed by atoms with van der Waals surface area (Å²) in [6, 6.07) is 6.28. The van der Waals surface area contributed by atoms with Gasteiger partial charge < -0.3 is 19.9 Å². The van der Waals surface area contributed by atoms with E-state index < -0.39 is 0 Å². The van der Waals surface area contributed by atoms with Crippen LogP contribution in [-0.4, -0.2) is 40.9 Å². The van der Waals surface area contributed by atoms with E-state index in [2.05, 4.69) is 50.6 Å². The fourth-order valence-electron chi connectivity index (χ4n) is 2.43. The molecule has 2 N–H and O–H groups in total. The van der Waals surface area contributed by atoms with Gasteiger partial charge in [0, 0.05) is 20.1 Å². The normalized spacial score (nSPS) is 11.3. The molecule has 1 aromatic heterocycles. The second-order valence-corrected chi connectivity index (χ2v) is 6.04. The molecule has 7 nitrogen and oxygen atoms in total. The van der Waals surface area contributed by atoms with E-state index >= 15 is 0 Å². The Labute approximate surface area is 155 Å². The number of methoxy groups -OCH3 is 1. The molecule has 0 saturated heterocycles. The summed E-state index contributed by atoms with van der Waals surface area (Å²) in [7, 11) is 3.64. The molecular formula is C19H28N6O. The first-order valence-corrected chi connectivity index (χ1v) is 8.66. The summed E-state index contributed by atoms with van der Waals surface area (Å²) < 4.78 is 7.32. The van der Waals surface area contributed by atoms with Crippen molar-refractivity contribution in [1.82, 2.24) is 25.4 Å². The van der Waals surface area contributed by atoms with Crippen LogP contribution in [0, 0.1) is 13.8 Å². The Bertz CT molecular complexity index is 765.